The zero-order valence-electron chi connectivity index (χ0n) is 11.7. The second-order valence-corrected chi connectivity index (χ2v) is 6.20. The number of nitrogens with two attached hydrogens (primary N) is 1. The van der Waals surface area contributed by atoms with Crippen molar-refractivity contribution in [2.45, 2.75) is 32.9 Å². The smallest absolute Gasteiger partial charge is 0.307 e. The number of nitrogens with zero attached hydrogens (tertiary/aromatic N) is 1. The molecular weight excluding hydrogens is 280 g/mol. The molecule has 1 aromatic carbocycles. The number of rotatable bonds is 7. The van der Waals surface area contributed by atoms with Crippen LogP contribution in [0, 0.1) is 0 Å². The van der Waals surface area contributed by atoms with E-state index in [1.54, 1.807) is 26.0 Å². The Kier molecular flexibility index (Phi) is 6.12. The average Bonchev–Trinajstić information content (AvgIpc) is 2.33. The van der Waals surface area contributed by atoms with Gasteiger partial charge < -0.3 is 4.74 Å². The lowest BCUT2D eigenvalue weighted by Crippen LogP contribution is -2.37. The van der Waals surface area contributed by atoms with E-state index in [2.05, 4.69) is 0 Å². The van der Waals surface area contributed by atoms with Gasteiger partial charge in [0, 0.05) is 13.1 Å². The molecule has 0 radical (unpaired) electrons. The molecule has 7 heteroatoms. The summed E-state index contributed by atoms with van der Waals surface area (Å²) in [6.07, 6.45) is -0.249. The lowest BCUT2D eigenvalue weighted by Gasteiger charge is -2.19. The lowest BCUT2D eigenvalue weighted by molar-refractivity contribution is -0.147. The normalized spacial score (nSPS) is 11.8. The summed E-state index contributed by atoms with van der Waals surface area (Å²) in [6.45, 7) is 3.60. The highest BCUT2D eigenvalue weighted by molar-refractivity contribution is 7.86. The maximum absolute atomic E-state index is 11.5. The fourth-order valence-corrected chi connectivity index (χ4v) is 2.30. The number of hydrogen-bond donors (Lipinski definition) is 1. The second kappa shape index (κ2) is 7.37. The molecule has 0 heterocycles. The van der Waals surface area contributed by atoms with Crippen molar-refractivity contribution < 1.29 is 17.9 Å². The van der Waals surface area contributed by atoms with Gasteiger partial charge in [0.1, 0.15) is 0 Å². The highest BCUT2D eigenvalue weighted by atomic mass is 32.2. The Balaban J connectivity index is 2.65. The molecule has 1 rings (SSSR count). The van der Waals surface area contributed by atoms with Crippen LogP contribution in [-0.4, -0.2) is 31.3 Å². The zero-order valence-corrected chi connectivity index (χ0v) is 12.5. The van der Waals surface area contributed by atoms with Crippen molar-refractivity contribution in [2.24, 2.45) is 5.14 Å². The third-order valence-electron chi connectivity index (χ3n) is 2.49. The van der Waals surface area contributed by atoms with Crippen molar-refractivity contribution in [2.75, 3.05) is 6.54 Å². The number of carbonyl (C=O) groups excluding carboxylic acids is 1. The van der Waals surface area contributed by atoms with Crippen molar-refractivity contribution >= 4 is 16.2 Å². The summed E-state index contributed by atoms with van der Waals surface area (Å²) in [7, 11) is -3.86. The maximum Gasteiger partial charge on any atom is 0.307 e. The second-order valence-electron chi connectivity index (χ2n) is 4.65. The van der Waals surface area contributed by atoms with Gasteiger partial charge in [0.05, 0.1) is 12.5 Å². The van der Waals surface area contributed by atoms with Gasteiger partial charge in [0.15, 0.2) is 0 Å². The first-order chi connectivity index (χ1) is 9.29. The fraction of sp³-hybridized carbons (Fsp3) is 0.462. The van der Waals surface area contributed by atoms with Crippen LogP contribution in [0.15, 0.2) is 30.3 Å². The average molecular weight is 300 g/mol. The van der Waals surface area contributed by atoms with Gasteiger partial charge in [-0.1, -0.05) is 30.3 Å². The highest BCUT2D eigenvalue weighted by Crippen LogP contribution is 2.08. The van der Waals surface area contributed by atoms with Crippen LogP contribution >= 0.6 is 0 Å². The van der Waals surface area contributed by atoms with Crippen molar-refractivity contribution in [1.82, 2.24) is 4.31 Å². The van der Waals surface area contributed by atoms with Gasteiger partial charge in [-0.25, -0.2) is 5.14 Å². The third-order valence-corrected chi connectivity index (χ3v) is 3.53. The molecule has 0 aliphatic carbocycles. The Morgan fingerprint density at radius 1 is 1.30 bits per heavy atom. The third kappa shape index (κ3) is 6.14. The van der Waals surface area contributed by atoms with Gasteiger partial charge in [-0.2, -0.15) is 12.7 Å². The molecular formula is C13H20N2O4S. The van der Waals surface area contributed by atoms with Crippen LogP contribution in [0.5, 0.6) is 0 Å². The molecule has 0 atom stereocenters. The van der Waals surface area contributed by atoms with Gasteiger partial charge >= 0.3 is 5.97 Å². The fourth-order valence-electron chi connectivity index (χ4n) is 1.62. The maximum atomic E-state index is 11.5. The van der Waals surface area contributed by atoms with Crippen LogP contribution < -0.4 is 5.14 Å². The summed E-state index contributed by atoms with van der Waals surface area (Å²) in [6, 6.07) is 9.05. The van der Waals surface area contributed by atoms with Crippen LogP contribution in [0.1, 0.15) is 25.8 Å². The molecule has 0 aliphatic heterocycles. The monoisotopic (exact) mass is 300 g/mol. The first-order valence-corrected chi connectivity index (χ1v) is 7.80. The molecule has 0 amide bonds. The minimum Gasteiger partial charge on any atom is -0.463 e. The minimum atomic E-state index is -3.86. The molecule has 0 saturated carbocycles. The minimum absolute atomic E-state index is 0.000713. The van der Waals surface area contributed by atoms with Gasteiger partial charge in [-0.3, -0.25) is 4.79 Å². The van der Waals surface area contributed by atoms with E-state index in [4.69, 9.17) is 9.88 Å². The standard InChI is InChI=1S/C13H20N2O4S/c1-11(2)19-13(16)8-9-15(20(14,17)18)10-12-6-4-3-5-7-12/h3-7,11H,8-10H2,1-2H3,(H2,14,17,18). The van der Waals surface area contributed by atoms with E-state index in [1.807, 2.05) is 18.2 Å². The Labute approximate surface area is 119 Å². The number of hydrogen-bond acceptors (Lipinski definition) is 4. The quantitative estimate of drug-likeness (QED) is 0.762. The summed E-state index contributed by atoms with van der Waals surface area (Å²) in [5.41, 5.74) is 0.804. The molecule has 0 aromatic heterocycles. The molecule has 112 valence electrons. The molecule has 0 saturated heterocycles. The van der Waals surface area contributed by atoms with E-state index in [-0.39, 0.29) is 25.6 Å². The first-order valence-electron chi connectivity index (χ1n) is 6.30. The Bertz CT molecular complexity index is 529. The van der Waals surface area contributed by atoms with Crippen molar-refractivity contribution in [3.8, 4) is 0 Å². The summed E-state index contributed by atoms with van der Waals surface area (Å²) in [4.78, 5) is 11.5. The zero-order chi connectivity index (χ0) is 15.2. The van der Waals surface area contributed by atoms with E-state index >= 15 is 0 Å². The van der Waals surface area contributed by atoms with E-state index in [0.29, 0.717) is 0 Å². The van der Waals surface area contributed by atoms with Gasteiger partial charge in [0.2, 0.25) is 0 Å². The van der Waals surface area contributed by atoms with Crippen molar-refractivity contribution in [3.63, 3.8) is 0 Å². The predicted octanol–water partition coefficient (Wildman–Crippen LogP) is 1.03. The molecule has 0 fully saturated rings. The molecule has 0 unspecified atom stereocenters. The van der Waals surface area contributed by atoms with Crippen LogP contribution in [0.2, 0.25) is 0 Å². The van der Waals surface area contributed by atoms with Crippen LogP contribution in [0.4, 0.5) is 0 Å². The van der Waals surface area contributed by atoms with Crippen molar-refractivity contribution in [1.29, 1.82) is 0 Å². The predicted molar refractivity (Wildman–Crippen MR) is 75.8 cm³/mol. The Morgan fingerprint density at radius 2 is 1.90 bits per heavy atom. The molecule has 1 aromatic rings. The molecule has 2 N–H and O–H groups in total. The first kappa shape index (κ1) is 16.6. The number of esters is 1. The Hall–Kier alpha value is -1.44. The lowest BCUT2D eigenvalue weighted by atomic mass is 10.2. The topological polar surface area (TPSA) is 89.7 Å². The van der Waals surface area contributed by atoms with Gasteiger partial charge in [-0.05, 0) is 19.4 Å². The van der Waals surface area contributed by atoms with E-state index in [1.165, 1.54) is 0 Å². The SMILES string of the molecule is CC(C)OC(=O)CCN(Cc1ccccc1)S(N)(=O)=O. The number of carbonyl (C=O) groups is 1. The van der Waals surface area contributed by atoms with Crippen LogP contribution in [0.3, 0.4) is 0 Å². The Morgan fingerprint density at radius 3 is 2.40 bits per heavy atom. The summed E-state index contributed by atoms with van der Waals surface area (Å²) < 4.78 is 29.1. The summed E-state index contributed by atoms with van der Waals surface area (Å²) >= 11 is 0. The summed E-state index contributed by atoms with van der Waals surface area (Å²) in [5, 5.41) is 5.16. The van der Waals surface area contributed by atoms with E-state index < -0.39 is 16.2 Å². The number of ether oxygens (including phenoxy) is 1. The van der Waals surface area contributed by atoms with E-state index in [0.717, 1.165) is 9.87 Å². The van der Waals surface area contributed by atoms with Gasteiger partial charge in [0.25, 0.3) is 10.2 Å². The highest BCUT2D eigenvalue weighted by Gasteiger charge is 2.19. The molecule has 20 heavy (non-hydrogen) atoms. The van der Waals surface area contributed by atoms with Crippen molar-refractivity contribution in [3.05, 3.63) is 35.9 Å². The van der Waals surface area contributed by atoms with Gasteiger partial charge in [-0.15, -0.1) is 0 Å². The molecule has 6 nitrogen and oxygen atoms in total. The largest absolute Gasteiger partial charge is 0.463 e. The molecule has 0 spiro atoms. The van der Waals surface area contributed by atoms with Crippen LogP contribution in [0.25, 0.3) is 0 Å². The summed E-state index contributed by atoms with van der Waals surface area (Å²) in [5.74, 6) is -0.443. The number of benzene rings is 1. The molecule has 0 bridgehead atoms. The van der Waals surface area contributed by atoms with Crippen LogP contribution in [-0.2, 0) is 26.3 Å². The molecule has 0 aliphatic rings. The van der Waals surface area contributed by atoms with E-state index in [9.17, 15) is 13.2 Å².